The summed E-state index contributed by atoms with van der Waals surface area (Å²) in [6.07, 6.45) is 2.55. The van der Waals surface area contributed by atoms with Crippen molar-refractivity contribution in [2.24, 2.45) is 4.99 Å². The van der Waals surface area contributed by atoms with Crippen LogP contribution in [0.2, 0.25) is 0 Å². The summed E-state index contributed by atoms with van der Waals surface area (Å²) in [6.45, 7) is 10.8. The van der Waals surface area contributed by atoms with Gasteiger partial charge in [0, 0.05) is 33.3 Å². The number of guanidine groups is 1. The van der Waals surface area contributed by atoms with Gasteiger partial charge in [-0.2, -0.15) is 0 Å². The first-order valence-corrected chi connectivity index (χ1v) is 10.7. The van der Waals surface area contributed by atoms with Crippen molar-refractivity contribution < 1.29 is 13.9 Å². The van der Waals surface area contributed by atoms with E-state index < -0.39 is 0 Å². The topological polar surface area (TPSA) is 71.3 Å². The van der Waals surface area contributed by atoms with Gasteiger partial charge in [-0.05, 0) is 49.3 Å². The highest BCUT2D eigenvalue weighted by molar-refractivity contribution is 14.0. The van der Waals surface area contributed by atoms with Crippen LogP contribution in [-0.2, 0) is 17.9 Å². The number of benzene rings is 1. The average Bonchev–Trinajstić information content (AvgIpc) is 3.30. The molecule has 1 heterocycles. The van der Waals surface area contributed by atoms with Crippen LogP contribution < -0.4 is 15.4 Å². The molecule has 0 aliphatic rings. The van der Waals surface area contributed by atoms with Crippen LogP contribution in [-0.4, -0.2) is 57.3 Å². The van der Waals surface area contributed by atoms with Gasteiger partial charge in [0.1, 0.15) is 24.7 Å². The fourth-order valence-corrected chi connectivity index (χ4v) is 2.89. The maximum Gasteiger partial charge on any atom is 0.191 e. The lowest BCUT2D eigenvalue weighted by Gasteiger charge is -2.18. The van der Waals surface area contributed by atoms with Crippen molar-refractivity contribution in [2.45, 2.75) is 33.4 Å². The fourth-order valence-electron chi connectivity index (χ4n) is 2.89. The fraction of sp³-hybridized carbons (Fsp3) is 0.522. The zero-order chi connectivity index (χ0) is 21.4. The largest absolute Gasteiger partial charge is 0.492 e. The molecule has 2 rings (SSSR count). The highest BCUT2D eigenvalue weighted by atomic mass is 127. The van der Waals surface area contributed by atoms with E-state index in [1.54, 1.807) is 13.3 Å². The summed E-state index contributed by atoms with van der Waals surface area (Å²) in [7, 11) is 1.77. The molecule has 1 aromatic heterocycles. The van der Waals surface area contributed by atoms with Gasteiger partial charge in [0.05, 0.1) is 6.26 Å². The Balaban J connectivity index is 0.00000480. The monoisotopic (exact) mass is 544 g/mol. The molecule has 31 heavy (non-hydrogen) atoms. The Morgan fingerprint density at radius 2 is 1.84 bits per heavy atom. The van der Waals surface area contributed by atoms with Crippen molar-refractivity contribution in [1.29, 1.82) is 0 Å². The molecule has 8 heteroatoms. The summed E-state index contributed by atoms with van der Waals surface area (Å²) < 4.78 is 16.6. The molecule has 174 valence electrons. The first kappa shape index (κ1) is 27.3. The SMILES string of the molecule is CCN(CC)CCOc1ccc(CNC(=NC)NCCCOCc2ccco2)cc1.I. The van der Waals surface area contributed by atoms with Crippen molar-refractivity contribution in [1.82, 2.24) is 15.5 Å². The minimum absolute atomic E-state index is 0. The molecule has 0 atom stereocenters. The maximum absolute atomic E-state index is 5.83. The number of aliphatic imine (C=N–C) groups is 1. The van der Waals surface area contributed by atoms with Gasteiger partial charge in [0.25, 0.3) is 0 Å². The van der Waals surface area contributed by atoms with E-state index in [4.69, 9.17) is 13.9 Å². The van der Waals surface area contributed by atoms with Crippen LogP contribution in [0.1, 0.15) is 31.6 Å². The van der Waals surface area contributed by atoms with E-state index in [2.05, 4.69) is 46.5 Å². The number of likely N-dealkylation sites (N-methyl/N-ethyl adjacent to an activating group) is 1. The van der Waals surface area contributed by atoms with Crippen LogP contribution in [0, 0.1) is 0 Å². The lowest BCUT2D eigenvalue weighted by molar-refractivity contribution is 0.105. The third-order valence-electron chi connectivity index (χ3n) is 4.76. The van der Waals surface area contributed by atoms with Gasteiger partial charge < -0.3 is 29.4 Å². The van der Waals surface area contributed by atoms with E-state index in [9.17, 15) is 0 Å². The highest BCUT2D eigenvalue weighted by Crippen LogP contribution is 2.12. The predicted octanol–water partition coefficient (Wildman–Crippen LogP) is 3.89. The molecule has 0 aliphatic carbocycles. The van der Waals surface area contributed by atoms with E-state index in [0.29, 0.717) is 26.4 Å². The normalized spacial score (nSPS) is 11.3. The average molecular weight is 544 g/mol. The molecule has 0 radical (unpaired) electrons. The second kappa shape index (κ2) is 16.9. The highest BCUT2D eigenvalue weighted by Gasteiger charge is 2.02. The van der Waals surface area contributed by atoms with Crippen molar-refractivity contribution in [3.8, 4) is 5.75 Å². The molecule has 0 bridgehead atoms. The number of nitrogens with zero attached hydrogens (tertiary/aromatic N) is 2. The molecule has 0 fully saturated rings. The molecule has 1 aromatic carbocycles. The third-order valence-corrected chi connectivity index (χ3v) is 4.76. The molecule has 7 nitrogen and oxygen atoms in total. The second-order valence-corrected chi connectivity index (χ2v) is 6.86. The van der Waals surface area contributed by atoms with Gasteiger partial charge in [-0.15, -0.1) is 24.0 Å². The van der Waals surface area contributed by atoms with E-state index >= 15 is 0 Å². The van der Waals surface area contributed by atoms with Gasteiger partial charge in [-0.3, -0.25) is 4.99 Å². The molecular weight excluding hydrogens is 507 g/mol. The predicted molar refractivity (Wildman–Crippen MR) is 136 cm³/mol. The lowest BCUT2D eigenvalue weighted by atomic mass is 10.2. The Hall–Kier alpha value is -1.78. The Bertz CT molecular complexity index is 704. The molecule has 2 N–H and O–H groups in total. The number of rotatable bonds is 14. The molecule has 2 aromatic rings. The van der Waals surface area contributed by atoms with E-state index in [1.165, 1.54) is 5.56 Å². The molecular formula is C23H37IN4O3. The van der Waals surface area contributed by atoms with Crippen molar-refractivity contribution in [3.05, 3.63) is 54.0 Å². The van der Waals surface area contributed by atoms with Crippen LogP contribution in [0.5, 0.6) is 5.75 Å². The summed E-state index contributed by atoms with van der Waals surface area (Å²) in [5.41, 5.74) is 1.18. The van der Waals surface area contributed by atoms with Crippen LogP contribution in [0.15, 0.2) is 52.1 Å². The van der Waals surface area contributed by atoms with Crippen LogP contribution in [0.3, 0.4) is 0 Å². The quantitative estimate of drug-likeness (QED) is 0.163. The molecule has 0 saturated carbocycles. The number of nitrogens with one attached hydrogen (secondary N) is 2. The summed E-state index contributed by atoms with van der Waals surface area (Å²) >= 11 is 0. The number of halogens is 1. The first-order chi connectivity index (χ1) is 14.7. The minimum atomic E-state index is 0. The van der Waals surface area contributed by atoms with Crippen molar-refractivity contribution in [3.63, 3.8) is 0 Å². The van der Waals surface area contributed by atoms with E-state index in [-0.39, 0.29) is 24.0 Å². The number of ether oxygens (including phenoxy) is 2. The molecule has 0 amide bonds. The van der Waals surface area contributed by atoms with Gasteiger partial charge in [0.2, 0.25) is 0 Å². The van der Waals surface area contributed by atoms with Gasteiger partial charge in [-0.25, -0.2) is 0 Å². The number of furan rings is 1. The zero-order valence-electron chi connectivity index (χ0n) is 18.9. The van der Waals surface area contributed by atoms with Gasteiger partial charge >= 0.3 is 0 Å². The Kier molecular flexibility index (Phi) is 14.8. The Labute approximate surface area is 203 Å². The summed E-state index contributed by atoms with van der Waals surface area (Å²) in [6, 6.07) is 12.0. The molecule has 0 saturated heterocycles. The molecule has 0 spiro atoms. The summed E-state index contributed by atoms with van der Waals surface area (Å²) in [5, 5.41) is 6.63. The van der Waals surface area contributed by atoms with Crippen molar-refractivity contribution in [2.75, 3.05) is 46.4 Å². The molecule has 0 unspecified atom stereocenters. The standard InChI is InChI=1S/C23H36N4O3.HI/c1-4-27(5-2)14-17-30-21-11-9-20(10-12-21)18-26-23(24-3)25-13-7-15-28-19-22-8-6-16-29-22;/h6,8-12,16H,4-5,7,13-15,17-19H2,1-3H3,(H2,24,25,26);1H. The third kappa shape index (κ3) is 11.4. The Morgan fingerprint density at radius 3 is 2.48 bits per heavy atom. The van der Waals surface area contributed by atoms with Gasteiger partial charge in [0.15, 0.2) is 5.96 Å². The first-order valence-electron chi connectivity index (χ1n) is 10.7. The number of hydrogen-bond acceptors (Lipinski definition) is 5. The lowest BCUT2D eigenvalue weighted by Crippen LogP contribution is -2.37. The van der Waals surface area contributed by atoms with Crippen molar-refractivity contribution >= 4 is 29.9 Å². The molecule has 0 aliphatic heterocycles. The zero-order valence-corrected chi connectivity index (χ0v) is 21.3. The minimum Gasteiger partial charge on any atom is -0.492 e. The Morgan fingerprint density at radius 1 is 1.06 bits per heavy atom. The summed E-state index contributed by atoms with van der Waals surface area (Å²) in [5.74, 6) is 2.53. The van der Waals surface area contributed by atoms with Crippen LogP contribution >= 0.6 is 24.0 Å². The van der Waals surface area contributed by atoms with Gasteiger partial charge in [-0.1, -0.05) is 26.0 Å². The van der Waals surface area contributed by atoms with Crippen LogP contribution in [0.25, 0.3) is 0 Å². The van der Waals surface area contributed by atoms with E-state index in [1.807, 2.05) is 24.3 Å². The van der Waals surface area contributed by atoms with Crippen LogP contribution in [0.4, 0.5) is 0 Å². The second-order valence-electron chi connectivity index (χ2n) is 6.86. The van der Waals surface area contributed by atoms with E-state index in [0.717, 1.165) is 50.1 Å². The smallest absolute Gasteiger partial charge is 0.191 e. The maximum atomic E-state index is 5.83. The summed E-state index contributed by atoms with van der Waals surface area (Å²) in [4.78, 5) is 6.61. The number of hydrogen-bond donors (Lipinski definition) is 2.